The van der Waals surface area contributed by atoms with Gasteiger partial charge in [0, 0.05) is 18.9 Å². The van der Waals surface area contributed by atoms with Gasteiger partial charge in [0.25, 0.3) is 0 Å². The first-order valence-corrected chi connectivity index (χ1v) is 6.47. The van der Waals surface area contributed by atoms with Crippen LogP contribution >= 0.6 is 12.2 Å². The molecule has 0 spiro atoms. The van der Waals surface area contributed by atoms with Gasteiger partial charge in [-0.15, -0.1) is 0 Å². The summed E-state index contributed by atoms with van der Waals surface area (Å²) in [5, 5.41) is 3.38. The van der Waals surface area contributed by atoms with Gasteiger partial charge in [-0.05, 0) is 37.0 Å². The van der Waals surface area contributed by atoms with Gasteiger partial charge in [0.1, 0.15) is 10.7 Å². The van der Waals surface area contributed by atoms with Gasteiger partial charge in [0.15, 0.2) is 5.82 Å². The smallest absolute Gasteiger partial charge is 0.155 e. The molecule has 2 aliphatic carbocycles. The van der Waals surface area contributed by atoms with Crippen molar-refractivity contribution in [3.63, 3.8) is 0 Å². The van der Waals surface area contributed by atoms with Gasteiger partial charge in [0.05, 0.1) is 0 Å². The van der Waals surface area contributed by atoms with Crippen molar-refractivity contribution < 1.29 is 0 Å². The van der Waals surface area contributed by atoms with E-state index in [0.717, 1.165) is 18.3 Å². The summed E-state index contributed by atoms with van der Waals surface area (Å²) in [6.45, 7) is 0.978. The Labute approximate surface area is 106 Å². The number of rotatable bonds is 5. The minimum atomic E-state index is 0.303. The first-order valence-electron chi connectivity index (χ1n) is 6.06. The number of anilines is 1. The van der Waals surface area contributed by atoms with Crippen molar-refractivity contribution in [3.05, 3.63) is 18.1 Å². The molecular formula is C12H16N4S. The number of aromatic nitrogens is 2. The number of nitrogens with one attached hydrogen (secondary N) is 1. The molecule has 0 bridgehead atoms. The maximum Gasteiger partial charge on any atom is 0.155 e. The fraction of sp³-hybridized carbons (Fsp3) is 0.583. The van der Waals surface area contributed by atoms with Crippen molar-refractivity contribution in [2.75, 3.05) is 11.9 Å². The molecule has 17 heavy (non-hydrogen) atoms. The third-order valence-electron chi connectivity index (χ3n) is 3.88. The SMILES string of the molecule is NC(=S)c1nccnc1NCC1(C2CC2)CC1. The molecule has 0 aliphatic heterocycles. The molecular weight excluding hydrogens is 232 g/mol. The van der Waals surface area contributed by atoms with Gasteiger partial charge in [0.2, 0.25) is 0 Å². The van der Waals surface area contributed by atoms with Crippen molar-refractivity contribution in [1.29, 1.82) is 0 Å². The second-order valence-electron chi connectivity index (χ2n) is 5.11. The third kappa shape index (κ3) is 2.11. The number of hydrogen-bond donors (Lipinski definition) is 2. The Morgan fingerprint density at radius 1 is 1.41 bits per heavy atom. The van der Waals surface area contributed by atoms with E-state index in [1.54, 1.807) is 12.4 Å². The highest BCUT2D eigenvalue weighted by Crippen LogP contribution is 2.61. The average molecular weight is 248 g/mol. The van der Waals surface area contributed by atoms with Gasteiger partial charge < -0.3 is 11.1 Å². The molecule has 0 radical (unpaired) electrons. The van der Waals surface area contributed by atoms with Crippen LogP contribution in [-0.4, -0.2) is 21.5 Å². The lowest BCUT2D eigenvalue weighted by atomic mass is 10.0. The Morgan fingerprint density at radius 3 is 2.71 bits per heavy atom. The van der Waals surface area contributed by atoms with Crippen molar-refractivity contribution in [1.82, 2.24) is 9.97 Å². The zero-order valence-electron chi connectivity index (χ0n) is 9.65. The predicted molar refractivity (Wildman–Crippen MR) is 70.8 cm³/mol. The van der Waals surface area contributed by atoms with Crippen LogP contribution in [0.25, 0.3) is 0 Å². The van der Waals surface area contributed by atoms with Crippen LogP contribution in [0, 0.1) is 11.3 Å². The average Bonchev–Trinajstić information content (AvgIpc) is 3.17. The van der Waals surface area contributed by atoms with E-state index in [1.807, 2.05) is 0 Å². The molecule has 0 atom stereocenters. The van der Waals surface area contributed by atoms with Gasteiger partial charge >= 0.3 is 0 Å². The molecule has 0 saturated heterocycles. The van der Waals surface area contributed by atoms with Gasteiger partial charge in [-0.1, -0.05) is 12.2 Å². The first-order chi connectivity index (χ1) is 8.21. The van der Waals surface area contributed by atoms with E-state index in [1.165, 1.54) is 25.7 Å². The molecule has 1 aromatic rings. The fourth-order valence-electron chi connectivity index (χ4n) is 2.49. The van der Waals surface area contributed by atoms with Crippen molar-refractivity contribution in [2.45, 2.75) is 25.7 Å². The summed E-state index contributed by atoms with van der Waals surface area (Å²) in [7, 11) is 0. The summed E-state index contributed by atoms with van der Waals surface area (Å²) in [4.78, 5) is 8.74. The molecule has 3 rings (SSSR count). The molecule has 0 amide bonds. The normalized spacial score (nSPS) is 20.9. The summed E-state index contributed by atoms with van der Waals surface area (Å²) in [5.74, 6) is 1.66. The van der Waals surface area contributed by atoms with E-state index in [0.29, 0.717) is 16.1 Å². The molecule has 0 aromatic carbocycles. The lowest BCUT2D eigenvalue weighted by molar-refractivity contribution is 0.466. The second kappa shape index (κ2) is 3.91. The summed E-state index contributed by atoms with van der Waals surface area (Å²) < 4.78 is 0. The molecule has 90 valence electrons. The largest absolute Gasteiger partial charge is 0.388 e. The van der Waals surface area contributed by atoms with Crippen LogP contribution in [0.4, 0.5) is 5.82 Å². The number of hydrogen-bond acceptors (Lipinski definition) is 4. The molecule has 5 heteroatoms. The van der Waals surface area contributed by atoms with E-state index in [4.69, 9.17) is 18.0 Å². The molecule has 1 heterocycles. The van der Waals surface area contributed by atoms with Crippen LogP contribution in [-0.2, 0) is 0 Å². The van der Waals surface area contributed by atoms with Gasteiger partial charge in [-0.2, -0.15) is 0 Å². The zero-order valence-corrected chi connectivity index (χ0v) is 10.5. The lowest BCUT2D eigenvalue weighted by Gasteiger charge is -2.16. The highest BCUT2D eigenvalue weighted by Gasteiger charge is 2.53. The van der Waals surface area contributed by atoms with Crippen molar-refractivity contribution in [2.24, 2.45) is 17.1 Å². The Hall–Kier alpha value is -1.23. The monoisotopic (exact) mass is 248 g/mol. The Bertz CT molecular complexity index is 452. The third-order valence-corrected chi connectivity index (χ3v) is 4.07. The van der Waals surface area contributed by atoms with Crippen LogP contribution in [0.3, 0.4) is 0 Å². The van der Waals surface area contributed by atoms with E-state index in [9.17, 15) is 0 Å². The number of thiocarbonyl (C=S) groups is 1. The van der Waals surface area contributed by atoms with E-state index >= 15 is 0 Å². The van der Waals surface area contributed by atoms with E-state index < -0.39 is 0 Å². The predicted octanol–water partition coefficient (Wildman–Crippen LogP) is 1.71. The lowest BCUT2D eigenvalue weighted by Crippen LogP contribution is -2.21. The first kappa shape index (κ1) is 10.9. The van der Waals surface area contributed by atoms with Gasteiger partial charge in [-0.3, -0.25) is 0 Å². The molecule has 0 unspecified atom stereocenters. The van der Waals surface area contributed by atoms with Gasteiger partial charge in [-0.25, -0.2) is 9.97 Å². The molecule has 2 fully saturated rings. The Morgan fingerprint density at radius 2 is 2.12 bits per heavy atom. The summed E-state index contributed by atoms with van der Waals surface area (Å²) >= 11 is 4.97. The molecule has 4 nitrogen and oxygen atoms in total. The topological polar surface area (TPSA) is 63.8 Å². The quantitative estimate of drug-likeness (QED) is 0.777. The molecule has 1 aromatic heterocycles. The number of nitrogens with two attached hydrogens (primary N) is 1. The maximum absolute atomic E-state index is 5.63. The minimum Gasteiger partial charge on any atom is -0.388 e. The Balaban J connectivity index is 1.70. The van der Waals surface area contributed by atoms with Crippen LogP contribution < -0.4 is 11.1 Å². The highest BCUT2D eigenvalue weighted by molar-refractivity contribution is 7.80. The van der Waals surface area contributed by atoms with Crippen LogP contribution in [0.1, 0.15) is 31.4 Å². The van der Waals surface area contributed by atoms with Crippen LogP contribution in [0.5, 0.6) is 0 Å². The number of nitrogens with zero attached hydrogens (tertiary/aromatic N) is 2. The van der Waals surface area contributed by atoms with Crippen LogP contribution in [0.2, 0.25) is 0 Å². The fourth-order valence-corrected chi connectivity index (χ4v) is 2.64. The molecule has 2 saturated carbocycles. The maximum atomic E-state index is 5.63. The summed E-state index contributed by atoms with van der Waals surface area (Å²) in [6, 6.07) is 0. The van der Waals surface area contributed by atoms with E-state index in [-0.39, 0.29) is 0 Å². The second-order valence-corrected chi connectivity index (χ2v) is 5.55. The molecule has 3 N–H and O–H groups in total. The van der Waals surface area contributed by atoms with Crippen molar-refractivity contribution >= 4 is 23.0 Å². The minimum absolute atomic E-state index is 0.303. The Kier molecular flexibility index (Phi) is 2.50. The highest BCUT2D eigenvalue weighted by atomic mass is 32.1. The molecule has 2 aliphatic rings. The van der Waals surface area contributed by atoms with E-state index in [2.05, 4.69) is 15.3 Å². The zero-order chi connectivity index (χ0) is 11.9. The summed E-state index contributed by atoms with van der Waals surface area (Å²) in [5.41, 5.74) is 6.77. The van der Waals surface area contributed by atoms with Crippen molar-refractivity contribution in [3.8, 4) is 0 Å². The summed E-state index contributed by atoms with van der Waals surface area (Å²) in [6.07, 6.45) is 8.75. The van der Waals surface area contributed by atoms with Crippen LogP contribution in [0.15, 0.2) is 12.4 Å². The standard InChI is InChI=1S/C12H16N4S/c13-10(17)9-11(15-6-5-14-9)16-7-12(3-4-12)8-1-2-8/h5-6,8H,1-4,7H2,(H2,13,17)(H,15,16).